The number of aliphatic imine (C=N–C) groups is 1. The van der Waals surface area contributed by atoms with Crippen LogP contribution >= 0.6 is 0 Å². The fourth-order valence-electron chi connectivity index (χ4n) is 3.73. The van der Waals surface area contributed by atoms with Gasteiger partial charge in [-0.15, -0.1) is 0 Å². The van der Waals surface area contributed by atoms with Gasteiger partial charge in [0.1, 0.15) is 6.79 Å². The van der Waals surface area contributed by atoms with E-state index in [9.17, 15) is 0 Å². The number of aliphatic hydroxyl groups is 1. The Morgan fingerprint density at radius 1 is 0.774 bits per heavy atom. The number of anilines is 1. The summed E-state index contributed by atoms with van der Waals surface area (Å²) in [6.45, 7) is 18.6. The summed E-state index contributed by atoms with van der Waals surface area (Å²) in [5.41, 5.74) is 10.6. The quantitative estimate of drug-likeness (QED) is 0.482. The summed E-state index contributed by atoms with van der Waals surface area (Å²) in [5.74, 6) is 0. The summed E-state index contributed by atoms with van der Waals surface area (Å²) in [4.78, 5) is 12.3. The Bertz CT molecular complexity index is 720. The predicted molar refractivity (Wildman–Crippen MR) is 139 cm³/mol. The average Bonchev–Trinajstić information content (AvgIpc) is 2.86. The molecule has 0 spiro atoms. The normalized spacial score (nSPS) is 9.19. The van der Waals surface area contributed by atoms with Gasteiger partial charge < -0.3 is 15.2 Å². The van der Waals surface area contributed by atoms with Gasteiger partial charge in [-0.05, 0) is 72.2 Å². The Kier molecular flexibility index (Phi) is 18.2. The van der Waals surface area contributed by atoms with Crippen LogP contribution < -0.4 is 5.32 Å². The maximum atomic E-state index is 8.00. The van der Waals surface area contributed by atoms with Crippen LogP contribution in [0, 0.1) is 0 Å². The van der Waals surface area contributed by atoms with E-state index in [0.29, 0.717) is 0 Å². The minimum atomic E-state index is 0.974. The van der Waals surface area contributed by atoms with E-state index >= 15 is 0 Å². The van der Waals surface area contributed by atoms with E-state index in [1.165, 1.54) is 39.1 Å². The van der Waals surface area contributed by atoms with Gasteiger partial charge in [0.2, 0.25) is 0 Å². The Morgan fingerprint density at radius 2 is 1.10 bits per heavy atom. The maximum Gasteiger partial charge on any atom is 0.106 e. The molecule has 0 bridgehead atoms. The molecule has 31 heavy (non-hydrogen) atoms. The molecule has 0 aromatic heterocycles. The standard InChI is InChI=1S/C23H32N2.C2H6.CH4O.CH2O/c1-7-18-12-16(13-19(8-2)22(18)24-5)11-17-14-20(9-3)23(25-6)21(10-4)15-17;3*1-2/h12-15,25H,5,7-11H2,1-4,6H3;1-2H3;2H,1H3;1H2. The van der Waals surface area contributed by atoms with Crippen molar-refractivity contribution in [3.63, 3.8) is 0 Å². The van der Waals surface area contributed by atoms with Gasteiger partial charge in [-0.2, -0.15) is 0 Å². The van der Waals surface area contributed by atoms with Gasteiger partial charge in [-0.3, -0.25) is 4.99 Å². The van der Waals surface area contributed by atoms with E-state index in [1.807, 2.05) is 27.7 Å². The van der Waals surface area contributed by atoms with Crippen molar-refractivity contribution in [1.29, 1.82) is 0 Å². The molecular formula is C27H44N2O2. The van der Waals surface area contributed by atoms with Crippen molar-refractivity contribution < 1.29 is 9.90 Å². The second-order valence-corrected chi connectivity index (χ2v) is 6.55. The molecule has 0 saturated heterocycles. The lowest BCUT2D eigenvalue weighted by atomic mass is 9.92. The van der Waals surface area contributed by atoms with Gasteiger partial charge in [0.15, 0.2) is 0 Å². The Hall–Kier alpha value is -2.46. The first-order chi connectivity index (χ1) is 15.1. The monoisotopic (exact) mass is 428 g/mol. The van der Waals surface area contributed by atoms with Crippen molar-refractivity contribution in [2.24, 2.45) is 4.99 Å². The fraction of sp³-hybridized carbons (Fsp3) is 0.481. The van der Waals surface area contributed by atoms with Crippen LogP contribution in [0.3, 0.4) is 0 Å². The third-order valence-electron chi connectivity index (χ3n) is 5.03. The molecule has 0 unspecified atom stereocenters. The predicted octanol–water partition coefficient (Wildman–Crippen LogP) is 6.35. The minimum absolute atomic E-state index is 0.974. The molecule has 0 atom stereocenters. The second kappa shape index (κ2) is 18.3. The summed E-state index contributed by atoms with van der Waals surface area (Å²) in [5, 5.41) is 10.4. The molecule has 2 aromatic carbocycles. The van der Waals surface area contributed by atoms with E-state index < -0.39 is 0 Å². The molecule has 174 valence electrons. The zero-order valence-electron chi connectivity index (χ0n) is 21.1. The number of rotatable bonds is 8. The molecule has 0 saturated carbocycles. The van der Waals surface area contributed by atoms with Crippen LogP contribution in [0.1, 0.15) is 74.9 Å². The highest BCUT2D eigenvalue weighted by atomic mass is 16.2. The molecule has 2 rings (SSSR count). The maximum absolute atomic E-state index is 8.00. The highest BCUT2D eigenvalue weighted by Crippen LogP contribution is 2.30. The minimum Gasteiger partial charge on any atom is -0.400 e. The van der Waals surface area contributed by atoms with Gasteiger partial charge in [-0.25, -0.2) is 0 Å². The van der Waals surface area contributed by atoms with E-state index in [1.54, 1.807) is 0 Å². The van der Waals surface area contributed by atoms with Gasteiger partial charge in [0.25, 0.3) is 0 Å². The van der Waals surface area contributed by atoms with Crippen LogP contribution in [0.15, 0.2) is 29.3 Å². The summed E-state index contributed by atoms with van der Waals surface area (Å²) in [6.07, 6.45) is 5.07. The van der Waals surface area contributed by atoms with Gasteiger partial charge >= 0.3 is 0 Å². The number of carbonyl (C=O) groups excluding carboxylic acids is 1. The van der Waals surface area contributed by atoms with Crippen molar-refractivity contribution in [1.82, 2.24) is 0 Å². The first kappa shape index (κ1) is 30.7. The molecule has 0 radical (unpaired) electrons. The summed E-state index contributed by atoms with van der Waals surface area (Å²) in [7, 11) is 3.02. The lowest BCUT2D eigenvalue weighted by molar-refractivity contribution is -0.0979. The van der Waals surface area contributed by atoms with E-state index in [-0.39, 0.29) is 0 Å². The van der Waals surface area contributed by atoms with Crippen molar-refractivity contribution >= 4 is 24.9 Å². The molecule has 0 amide bonds. The molecule has 4 heteroatoms. The van der Waals surface area contributed by atoms with Crippen LogP contribution in [0.2, 0.25) is 0 Å². The smallest absolute Gasteiger partial charge is 0.106 e. The Balaban J connectivity index is 0. The molecule has 2 N–H and O–H groups in total. The number of hydrogen-bond acceptors (Lipinski definition) is 4. The van der Waals surface area contributed by atoms with Crippen molar-refractivity contribution in [2.75, 3.05) is 19.5 Å². The molecule has 2 aromatic rings. The first-order valence-corrected chi connectivity index (χ1v) is 11.3. The molecular weight excluding hydrogens is 384 g/mol. The zero-order valence-corrected chi connectivity index (χ0v) is 21.1. The van der Waals surface area contributed by atoms with Gasteiger partial charge in [0, 0.05) is 19.8 Å². The second-order valence-electron chi connectivity index (χ2n) is 6.55. The van der Waals surface area contributed by atoms with Gasteiger partial charge in [-0.1, -0.05) is 65.8 Å². The average molecular weight is 429 g/mol. The van der Waals surface area contributed by atoms with Crippen molar-refractivity contribution in [3.05, 3.63) is 57.6 Å². The highest BCUT2D eigenvalue weighted by Gasteiger charge is 2.11. The summed E-state index contributed by atoms with van der Waals surface area (Å²) in [6, 6.07) is 9.35. The number of nitrogens with zero attached hydrogens (tertiary/aromatic N) is 1. The number of carbonyl (C=O) groups is 1. The topological polar surface area (TPSA) is 61.7 Å². The third kappa shape index (κ3) is 8.66. The van der Waals surface area contributed by atoms with Crippen LogP contribution in [0.5, 0.6) is 0 Å². The number of aliphatic hydroxyl groups excluding tert-OH is 1. The first-order valence-electron chi connectivity index (χ1n) is 11.3. The molecule has 0 aliphatic heterocycles. The fourth-order valence-corrected chi connectivity index (χ4v) is 3.73. The summed E-state index contributed by atoms with van der Waals surface area (Å²) < 4.78 is 0. The third-order valence-corrected chi connectivity index (χ3v) is 5.03. The zero-order chi connectivity index (χ0) is 24.4. The van der Waals surface area contributed by atoms with Crippen LogP contribution in [-0.2, 0) is 36.9 Å². The Labute approximate surface area is 190 Å². The SMILES string of the molecule is C=Nc1c(CC)cc(Cc2cc(CC)c(NC)c(CC)c2)cc1CC.C=O.CC.CO. The van der Waals surface area contributed by atoms with Crippen LogP contribution in [-0.4, -0.2) is 32.8 Å². The van der Waals surface area contributed by atoms with Crippen LogP contribution in [0.4, 0.5) is 11.4 Å². The largest absolute Gasteiger partial charge is 0.400 e. The lowest BCUT2D eigenvalue weighted by Gasteiger charge is -2.17. The van der Waals surface area contributed by atoms with E-state index in [2.05, 4.69) is 69.0 Å². The van der Waals surface area contributed by atoms with Crippen LogP contribution in [0.25, 0.3) is 0 Å². The van der Waals surface area contributed by atoms with Crippen molar-refractivity contribution in [2.45, 2.75) is 73.6 Å². The molecule has 0 heterocycles. The summed E-state index contributed by atoms with van der Waals surface area (Å²) >= 11 is 0. The molecule has 0 aliphatic carbocycles. The molecule has 4 nitrogen and oxygen atoms in total. The Morgan fingerprint density at radius 3 is 1.35 bits per heavy atom. The molecule has 0 aliphatic rings. The number of aryl methyl sites for hydroxylation is 4. The van der Waals surface area contributed by atoms with Gasteiger partial charge in [0.05, 0.1) is 5.69 Å². The van der Waals surface area contributed by atoms with E-state index in [0.717, 1.165) is 44.9 Å². The number of benzene rings is 2. The molecule has 0 fully saturated rings. The highest BCUT2D eigenvalue weighted by molar-refractivity contribution is 5.61. The van der Waals surface area contributed by atoms with Crippen molar-refractivity contribution in [3.8, 4) is 0 Å². The van der Waals surface area contributed by atoms with E-state index in [4.69, 9.17) is 9.90 Å². The number of hydrogen-bond donors (Lipinski definition) is 2. The number of nitrogens with one attached hydrogen (secondary N) is 1. The lowest BCUT2D eigenvalue weighted by Crippen LogP contribution is -2.03.